The molecule has 1 saturated heterocycles. The maximum atomic E-state index is 14.7. The van der Waals surface area contributed by atoms with Crippen molar-refractivity contribution in [2.24, 2.45) is 5.16 Å². The van der Waals surface area contributed by atoms with Crippen molar-refractivity contribution in [2.75, 3.05) is 44.2 Å². The Morgan fingerprint density at radius 1 is 1.25 bits per heavy atom. The lowest BCUT2D eigenvalue weighted by molar-refractivity contribution is -0.134. The second kappa shape index (κ2) is 8.51. The normalized spacial score (nSPS) is 19.3. The quantitative estimate of drug-likeness (QED) is 0.743. The van der Waals surface area contributed by atoms with Gasteiger partial charge in [0.2, 0.25) is 11.8 Å². The summed E-state index contributed by atoms with van der Waals surface area (Å²) < 4.78 is 29.3. The van der Waals surface area contributed by atoms with Gasteiger partial charge in [-0.2, -0.15) is 0 Å². The van der Waals surface area contributed by atoms with Crippen molar-refractivity contribution in [1.29, 1.82) is 0 Å². The van der Waals surface area contributed by atoms with Crippen LogP contribution in [0.3, 0.4) is 0 Å². The molecule has 2 aliphatic rings. The van der Waals surface area contributed by atoms with Gasteiger partial charge in [0, 0.05) is 45.1 Å². The van der Waals surface area contributed by atoms with Crippen molar-refractivity contribution in [1.82, 2.24) is 10.2 Å². The molecule has 28 heavy (non-hydrogen) atoms. The molecule has 0 unspecified atom stereocenters. The number of carbonyl (C=O) groups excluding carboxylic acids is 2. The molecule has 3 rings (SSSR count). The van der Waals surface area contributed by atoms with Crippen LogP contribution in [-0.4, -0.2) is 73.0 Å². The summed E-state index contributed by atoms with van der Waals surface area (Å²) in [6.07, 6.45) is -0.0395. The van der Waals surface area contributed by atoms with E-state index in [1.807, 2.05) is 0 Å². The molecule has 0 aromatic heterocycles. The van der Waals surface area contributed by atoms with Gasteiger partial charge < -0.3 is 25.1 Å². The zero-order chi connectivity index (χ0) is 20.3. The second-order valence-corrected chi connectivity index (χ2v) is 6.72. The number of carbonyl (C=O) groups is 2. The highest BCUT2D eigenvalue weighted by molar-refractivity contribution is 6.01. The van der Waals surface area contributed by atoms with Gasteiger partial charge in [-0.1, -0.05) is 5.16 Å². The number of amides is 2. The van der Waals surface area contributed by atoms with Crippen LogP contribution in [0.1, 0.15) is 18.9 Å². The van der Waals surface area contributed by atoms with Crippen LogP contribution < -0.4 is 10.2 Å². The second-order valence-electron chi connectivity index (χ2n) is 6.72. The topological polar surface area (TPSA) is 94.5 Å². The van der Waals surface area contributed by atoms with Crippen LogP contribution >= 0.6 is 0 Å². The van der Waals surface area contributed by atoms with Crippen molar-refractivity contribution >= 4 is 23.2 Å². The fourth-order valence-electron chi connectivity index (χ4n) is 3.28. The van der Waals surface area contributed by atoms with Gasteiger partial charge in [0.15, 0.2) is 0 Å². The molecule has 2 heterocycles. The van der Waals surface area contributed by atoms with Crippen LogP contribution in [0.5, 0.6) is 0 Å². The highest BCUT2D eigenvalue weighted by Crippen LogP contribution is 2.28. The van der Waals surface area contributed by atoms with Gasteiger partial charge in [-0.05, 0) is 12.1 Å². The molecule has 0 aliphatic carbocycles. The van der Waals surface area contributed by atoms with Crippen molar-refractivity contribution in [2.45, 2.75) is 19.4 Å². The van der Waals surface area contributed by atoms with Gasteiger partial charge in [-0.15, -0.1) is 0 Å². The highest BCUT2D eigenvalue weighted by atomic mass is 19.1. The SMILES string of the molecule is CC(=O)NC[C@H]1CC(c2cc(F)c(N3CCN(C(=O)CO)CC3)c(F)c2)=NO1. The summed E-state index contributed by atoms with van der Waals surface area (Å²) in [5.41, 5.74) is 0.561. The molecule has 2 aliphatic heterocycles. The van der Waals surface area contributed by atoms with Crippen LogP contribution in [0, 0.1) is 11.6 Å². The van der Waals surface area contributed by atoms with Crippen LogP contribution in [0.2, 0.25) is 0 Å². The van der Waals surface area contributed by atoms with E-state index in [2.05, 4.69) is 10.5 Å². The Kier molecular flexibility index (Phi) is 6.08. The Balaban J connectivity index is 1.67. The molecule has 8 nitrogen and oxygen atoms in total. The number of aliphatic hydroxyl groups excluding tert-OH is 1. The van der Waals surface area contributed by atoms with E-state index in [1.54, 1.807) is 4.90 Å². The molecule has 0 spiro atoms. The van der Waals surface area contributed by atoms with E-state index >= 15 is 0 Å². The minimum atomic E-state index is -0.718. The number of anilines is 1. The third kappa shape index (κ3) is 4.38. The van der Waals surface area contributed by atoms with Gasteiger partial charge in [-0.3, -0.25) is 9.59 Å². The zero-order valence-corrected chi connectivity index (χ0v) is 15.5. The van der Waals surface area contributed by atoms with E-state index < -0.39 is 24.1 Å². The Hall–Kier alpha value is -2.75. The van der Waals surface area contributed by atoms with Gasteiger partial charge in [0.05, 0.1) is 12.3 Å². The van der Waals surface area contributed by atoms with E-state index in [4.69, 9.17) is 9.94 Å². The standard InChI is InChI=1S/C18H22F2N4O4/c1-11(26)21-9-13-8-16(22-28-13)12-6-14(19)18(15(20)7-12)24-4-2-23(3-5-24)17(27)10-25/h6-7,13,25H,2-5,8-10H2,1H3,(H,21,26)/t13-/m1/s1. The Morgan fingerprint density at radius 3 is 2.46 bits per heavy atom. The lowest BCUT2D eigenvalue weighted by atomic mass is 10.0. The summed E-state index contributed by atoms with van der Waals surface area (Å²) in [4.78, 5) is 30.7. The Morgan fingerprint density at radius 2 is 1.89 bits per heavy atom. The zero-order valence-electron chi connectivity index (χ0n) is 15.5. The van der Waals surface area contributed by atoms with Gasteiger partial charge in [0.1, 0.15) is 30.0 Å². The molecule has 2 amide bonds. The minimum absolute atomic E-state index is 0.144. The number of rotatable bonds is 5. The number of oxime groups is 1. The molecule has 2 N–H and O–H groups in total. The lowest BCUT2D eigenvalue weighted by Crippen LogP contribution is -2.50. The third-order valence-electron chi connectivity index (χ3n) is 4.75. The van der Waals surface area contributed by atoms with E-state index in [9.17, 15) is 18.4 Å². The maximum absolute atomic E-state index is 14.7. The summed E-state index contributed by atoms with van der Waals surface area (Å²) in [5, 5.41) is 15.4. The number of nitrogens with zero attached hydrogens (tertiary/aromatic N) is 3. The van der Waals surface area contributed by atoms with Gasteiger partial charge >= 0.3 is 0 Å². The predicted octanol–water partition coefficient (Wildman–Crippen LogP) is 0.235. The van der Waals surface area contributed by atoms with Gasteiger partial charge in [0.25, 0.3) is 0 Å². The van der Waals surface area contributed by atoms with Crippen molar-refractivity contribution < 1.29 is 28.3 Å². The lowest BCUT2D eigenvalue weighted by Gasteiger charge is -2.36. The fourth-order valence-corrected chi connectivity index (χ4v) is 3.28. The van der Waals surface area contributed by atoms with E-state index in [0.717, 1.165) is 0 Å². The van der Waals surface area contributed by atoms with Crippen LogP contribution in [0.4, 0.5) is 14.5 Å². The number of nitrogens with one attached hydrogen (secondary N) is 1. The molecule has 1 aromatic rings. The van der Waals surface area contributed by atoms with Crippen molar-refractivity contribution in [3.05, 3.63) is 29.3 Å². The minimum Gasteiger partial charge on any atom is -0.390 e. The van der Waals surface area contributed by atoms with E-state index in [1.165, 1.54) is 24.0 Å². The predicted molar refractivity (Wildman–Crippen MR) is 96.9 cm³/mol. The molecule has 152 valence electrons. The monoisotopic (exact) mass is 396 g/mol. The summed E-state index contributed by atoms with van der Waals surface area (Å²) in [7, 11) is 0. The van der Waals surface area contributed by atoms with Gasteiger partial charge in [-0.25, -0.2) is 8.78 Å². The average molecular weight is 396 g/mol. The highest BCUT2D eigenvalue weighted by Gasteiger charge is 2.27. The molecular formula is C18H22F2N4O4. The smallest absolute Gasteiger partial charge is 0.248 e. The first-order chi connectivity index (χ1) is 13.4. The van der Waals surface area contributed by atoms with Crippen LogP contribution in [0.25, 0.3) is 0 Å². The molecule has 10 heteroatoms. The largest absolute Gasteiger partial charge is 0.390 e. The number of hydrogen-bond acceptors (Lipinski definition) is 6. The third-order valence-corrected chi connectivity index (χ3v) is 4.75. The average Bonchev–Trinajstić information content (AvgIpc) is 3.15. The molecule has 1 atom stereocenters. The number of piperazine rings is 1. The Bertz CT molecular complexity index is 771. The number of halogens is 2. The summed E-state index contributed by atoms with van der Waals surface area (Å²) >= 11 is 0. The van der Waals surface area contributed by atoms with Crippen LogP contribution in [-0.2, 0) is 14.4 Å². The molecule has 0 radical (unpaired) electrons. The number of benzene rings is 1. The molecule has 1 aromatic carbocycles. The first-order valence-electron chi connectivity index (χ1n) is 8.99. The Labute approximate surface area is 160 Å². The maximum Gasteiger partial charge on any atom is 0.248 e. The summed E-state index contributed by atoms with van der Waals surface area (Å²) in [6.45, 7) is 2.17. The first kappa shape index (κ1) is 20.0. The van der Waals surface area contributed by atoms with Crippen LogP contribution in [0.15, 0.2) is 17.3 Å². The van der Waals surface area contributed by atoms with E-state index in [-0.39, 0.29) is 56.0 Å². The van der Waals surface area contributed by atoms with Crippen molar-refractivity contribution in [3.63, 3.8) is 0 Å². The number of hydrogen-bond donors (Lipinski definition) is 2. The molecule has 0 saturated carbocycles. The summed E-state index contributed by atoms with van der Waals surface area (Å²) in [6, 6.07) is 2.43. The molecular weight excluding hydrogens is 374 g/mol. The number of aliphatic hydroxyl groups is 1. The first-order valence-corrected chi connectivity index (χ1v) is 8.99. The van der Waals surface area contributed by atoms with Crippen molar-refractivity contribution in [3.8, 4) is 0 Å². The molecule has 1 fully saturated rings. The summed E-state index contributed by atoms with van der Waals surface area (Å²) in [5.74, 6) is -2.03. The molecule has 0 bridgehead atoms. The van der Waals surface area contributed by atoms with E-state index in [0.29, 0.717) is 12.1 Å². The fraction of sp³-hybridized carbons (Fsp3) is 0.500.